The Bertz CT molecular complexity index is 1230. The van der Waals surface area contributed by atoms with Gasteiger partial charge in [-0.25, -0.2) is 9.59 Å². The van der Waals surface area contributed by atoms with E-state index in [-0.39, 0.29) is 5.69 Å². The first kappa shape index (κ1) is 26.2. The van der Waals surface area contributed by atoms with Crippen LogP contribution in [0.3, 0.4) is 0 Å². The van der Waals surface area contributed by atoms with Crippen LogP contribution in [0.4, 0.5) is 11.4 Å². The maximum Gasteiger partial charge on any atom is 0.328 e. The molecule has 10 heteroatoms. The highest BCUT2D eigenvalue weighted by Crippen LogP contribution is 2.31. The van der Waals surface area contributed by atoms with Gasteiger partial charge in [-0.1, -0.05) is 18.2 Å². The summed E-state index contributed by atoms with van der Waals surface area (Å²) in [7, 11) is 2.16. The summed E-state index contributed by atoms with van der Waals surface area (Å²) < 4.78 is 5.96. The van der Waals surface area contributed by atoms with Crippen molar-refractivity contribution in [2.75, 3.05) is 38.1 Å². The molecule has 3 aromatic rings. The Morgan fingerprint density at radius 1 is 0.972 bits per heavy atom. The number of non-ortho nitro benzene ring substituents is 1. The SMILES string of the molecule is CN1CCN(c2cccc3ccc(OCc4ccc([N+](=O)[O-])cc4)cc23)CC1.O=C(O)/C=C/C(=O)O. The van der Waals surface area contributed by atoms with Crippen molar-refractivity contribution in [2.45, 2.75) is 6.61 Å². The number of hydrogen-bond donors (Lipinski definition) is 2. The van der Waals surface area contributed by atoms with Gasteiger partial charge in [0, 0.05) is 61.5 Å². The van der Waals surface area contributed by atoms with Gasteiger partial charge < -0.3 is 24.7 Å². The number of carboxylic acid groups (broad SMARTS) is 2. The number of carbonyl (C=O) groups is 2. The van der Waals surface area contributed by atoms with E-state index < -0.39 is 16.9 Å². The number of likely N-dealkylation sites (N-methyl/N-ethyl adjacent to an activating group) is 1. The summed E-state index contributed by atoms with van der Waals surface area (Å²) in [6.07, 6.45) is 1.12. The van der Waals surface area contributed by atoms with Crippen LogP contribution < -0.4 is 9.64 Å². The highest BCUT2D eigenvalue weighted by molar-refractivity contribution is 5.95. The summed E-state index contributed by atoms with van der Waals surface area (Å²) in [5, 5.41) is 28.8. The average molecular weight is 494 g/mol. The lowest BCUT2D eigenvalue weighted by Crippen LogP contribution is -2.44. The first-order chi connectivity index (χ1) is 17.2. The van der Waals surface area contributed by atoms with E-state index in [0.29, 0.717) is 18.8 Å². The predicted octanol–water partition coefficient (Wildman–Crippen LogP) is 3.79. The number of fused-ring (bicyclic) bond motifs is 1. The van der Waals surface area contributed by atoms with Gasteiger partial charge in [-0.05, 0) is 48.3 Å². The topological polar surface area (TPSA) is 133 Å². The van der Waals surface area contributed by atoms with Crippen molar-refractivity contribution in [3.63, 3.8) is 0 Å². The number of anilines is 1. The molecule has 188 valence electrons. The number of nitro groups is 1. The Balaban J connectivity index is 0.000000392. The van der Waals surface area contributed by atoms with E-state index in [1.165, 1.54) is 28.6 Å². The number of benzene rings is 3. The second kappa shape index (κ2) is 12.3. The van der Waals surface area contributed by atoms with Crippen molar-refractivity contribution in [3.05, 3.63) is 88.5 Å². The molecule has 0 bridgehead atoms. The minimum absolute atomic E-state index is 0.0891. The molecule has 1 aliphatic rings. The molecule has 0 spiro atoms. The van der Waals surface area contributed by atoms with Crippen LogP contribution in [0, 0.1) is 10.1 Å². The zero-order valence-corrected chi connectivity index (χ0v) is 19.7. The number of ether oxygens (including phenoxy) is 1. The molecule has 1 fully saturated rings. The molecule has 36 heavy (non-hydrogen) atoms. The normalized spacial score (nSPS) is 13.8. The first-order valence-corrected chi connectivity index (χ1v) is 11.2. The van der Waals surface area contributed by atoms with E-state index in [1.807, 2.05) is 6.07 Å². The van der Waals surface area contributed by atoms with Crippen LogP contribution in [0.1, 0.15) is 5.56 Å². The van der Waals surface area contributed by atoms with Crippen LogP contribution in [-0.2, 0) is 16.2 Å². The molecule has 4 rings (SSSR count). The number of nitro benzene ring substituents is 1. The zero-order chi connectivity index (χ0) is 26.1. The standard InChI is InChI=1S/C22H23N3O3.C4H4O4/c1-23-11-13-24(14-12-23)22-4-2-3-18-7-10-20(15-21(18)22)28-16-17-5-8-19(9-6-17)25(26)27;5-3(6)1-2-4(7)8/h2-10,15H,11-14,16H2,1H3;1-2H,(H,5,6)(H,7,8)/b;2-1+. The minimum atomic E-state index is -1.26. The van der Waals surface area contributed by atoms with Gasteiger partial charge in [0.05, 0.1) is 4.92 Å². The van der Waals surface area contributed by atoms with Gasteiger partial charge in [-0.2, -0.15) is 0 Å². The molecule has 10 nitrogen and oxygen atoms in total. The second-order valence-electron chi connectivity index (χ2n) is 8.17. The van der Waals surface area contributed by atoms with Gasteiger partial charge in [0.15, 0.2) is 0 Å². The molecule has 1 saturated heterocycles. The fourth-order valence-electron chi connectivity index (χ4n) is 3.67. The molecule has 0 unspecified atom stereocenters. The monoisotopic (exact) mass is 493 g/mol. The summed E-state index contributed by atoms with van der Waals surface area (Å²) in [6, 6.07) is 19.0. The Morgan fingerprint density at radius 3 is 2.19 bits per heavy atom. The summed E-state index contributed by atoms with van der Waals surface area (Å²) >= 11 is 0. The van der Waals surface area contributed by atoms with Crippen molar-refractivity contribution in [1.82, 2.24) is 4.90 Å². The summed E-state index contributed by atoms with van der Waals surface area (Å²) in [5.74, 6) is -1.72. The van der Waals surface area contributed by atoms with E-state index in [4.69, 9.17) is 14.9 Å². The molecular weight excluding hydrogens is 466 g/mol. The lowest BCUT2D eigenvalue weighted by molar-refractivity contribution is -0.384. The van der Waals surface area contributed by atoms with Crippen molar-refractivity contribution in [3.8, 4) is 5.75 Å². The van der Waals surface area contributed by atoms with E-state index in [1.54, 1.807) is 12.1 Å². The molecule has 0 radical (unpaired) electrons. The Kier molecular flexibility index (Phi) is 8.95. The smallest absolute Gasteiger partial charge is 0.328 e. The molecule has 0 amide bonds. The summed E-state index contributed by atoms with van der Waals surface area (Å²) in [6.45, 7) is 4.53. The number of hydrogen-bond acceptors (Lipinski definition) is 7. The molecule has 1 aliphatic heterocycles. The third kappa shape index (κ3) is 7.54. The maximum atomic E-state index is 10.8. The van der Waals surface area contributed by atoms with Crippen molar-refractivity contribution < 1.29 is 29.5 Å². The molecule has 1 heterocycles. The van der Waals surface area contributed by atoms with Crippen LogP contribution in [-0.4, -0.2) is 65.2 Å². The fourth-order valence-corrected chi connectivity index (χ4v) is 3.67. The van der Waals surface area contributed by atoms with Gasteiger partial charge >= 0.3 is 11.9 Å². The van der Waals surface area contributed by atoms with E-state index in [2.05, 4.69) is 47.2 Å². The lowest BCUT2D eigenvalue weighted by atomic mass is 10.1. The van der Waals surface area contributed by atoms with Crippen molar-refractivity contribution in [1.29, 1.82) is 0 Å². The van der Waals surface area contributed by atoms with Crippen LogP contribution in [0.15, 0.2) is 72.8 Å². The molecule has 0 saturated carbocycles. The van der Waals surface area contributed by atoms with Crippen LogP contribution in [0.5, 0.6) is 5.75 Å². The predicted molar refractivity (Wildman–Crippen MR) is 135 cm³/mol. The highest BCUT2D eigenvalue weighted by Gasteiger charge is 2.16. The number of rotatable bonds is 7. The van der Waals surface area contributed by atoms with Crippen LogP contribution >= 0.6 is 0 Å². The van der Waals surface area contributed by atoms with Gasteiger partial charge in [0.25, 0.3) is 5.69 Å². The number of aliphatic carboxylic acids is 2. The van der Waals surface area contributed by atoms with Crippen LogP contribution in [0.25, 0.3) is 10.8 Å². The van der Waals surface area contributed by atoms with Gasteiger partial charge in [0.2, 0.25) is 0 Å². The average Bonchev–Trinajstić information content (AvgIpc) is 2.87. The molecular formula is C26H27N3O7. The highest BCUT2D eigenvalue weighted by atomic mass is 16.6. The minimum Gasteiger partial charge on any atom is -0.489 e. The molecule has 0 aromatic heterocycles. The van der Waals surface area contributed by atoms with Gasteiger partial charge in [0.1, 0.15) is 12.4 Å². The third-order valence-corrected chi connectivity index (χ3v) is 5.60. The van der Waals surface area contributed by atoms with E-state index in [0.717, 1.165) is 37.5 Å². The largest absolute Gasteiger partial charge is 0.489 e. The molecule has 0 atom stereocenters. The third-order valence-electron chi connectivity index (χ3n) is 5.60. The Hall–Kier alpha value is -4.44. The van der Waals surface area contributed by atoms with E-state index in [9.17, 15) is 19.7 Å². The number of nitrogens with zero attached hydrogens (tertiary/aromatic N) is 3. The van der Waals surface area contributed by atoms with Crippen molar-refractivity contribution >= 4 is 34.1 Å². The van der Waals surface area contributed by atoms with Gasteiger partial charge in [-0.3, -0.25) is 10.1 Å². The molecule has 2 N–H and O–H groups in total. The molecule has 0 aliphatic carbocycles. The Morgan fingerprint density at radius 2 is 1.61 bits per heavy atom. The summed E-state index contributed by atoms with van der Waals surface area (Å²) in [4.78, 5) is 34.3. The summed E-state index contributed by atoms with van der Waals surface area (Å²) in [5.41, 5.74) is 2.23. The second-order valence-corrected chi connectivity index (χ2v) is 8.17. The Labute approximate surface area is 207 Å². The first-order valence-electron chi connectivity index (χ1n) is 11.2. The fraction of sp³-hybridized carbons (Fsp3) is 0.231. The van der Waals surface area contributed by atoms with Crippen LogP contribution in [0.2, 0.25) is 0 Å². The zero-order valence-electron chi connectivity index (χ0n) is 19.7. The number of carboxylic acids is 2. The quantitative estimate of drug-likeness (QED) is 0.286. The van der Waals surface area contributed by atoms with Crippen molar-refractivity contribution in [2.24, 2.45) is 0 Å². The molecule has 3 aromatic carbocycles. The van der Waals surface area contributed by atoms with Gasteiger partial charge in [-0.15, -0.1) is 0 Å². The van der Waals surface area contributed by atoms with E-state index >= 15 is 0 Å². The number of piperazine rings is 1. The maximum absolute atomic E-state index is 10.8. The lowest BCUT2D eigenvalue weighted by Gasteiger charge is -2.34.